The van der Waals surface area contributed by atoms with Gasteiger partial charge in [0.25, 0.3) is 11.5 Å². The lowest BCUT2D eigenvalue weighted by molar-refractivity contribution is -0.128. The molecule has 1 saturated heterocycles. The quantitative estimate of drug-likeness (QED) is 0.871. The summed E-state index contributed by atoms with van der Waals surface area (Å²) in [5.74, 6) is -0.269. The molecule has 1 fully saturated rings. The number of hydrogen-bond donors (Lipinski definition) is 1. The van der Waals surface area contributed by atoms with Crippen LogP contribution in [0.4, 0.5) is 0 Å². The van der Waals surface area contributed by atoms with E-state index in [-0.39, 0.29) is 18.0 Å². The number of nitrogens with zero attached hydrogens (tertiary/aromatic N) is 3. The van der Waals surface area contributed by atoms with E-state index in [2.05, 4.69) is 17.4 Å². The van der Waals surface area contributed by atoms with Crippen LogP contribution in [0.15, 0.2) is 41.2 Å². The van der Waals surface area contributed by atoms with Crippen molar-refractivity contribution in [2.75, 3.05) is 26.3 Å². The number of hydrogen-bond acceptors (Lipinski definition) is 5. The predicted octanol–water partition coefficient (Wildman–Crippen LogP) is 0.836. The lowest BCUT2D eigenvalue weighted by Crippen LogP contribution is -2.49. The van der Waals surface area contributed by atoms with Gasteiger partial charge < -0.3 is 4.74 Å². The zero-order chi connectivity index (χ0) is 17.6. The van der Waals surface area contributed by atoms with Crippen LogP contribution in [0.25, 0.3) is 11.3 Å². The maximum Gasteiger partial charge on any atom is 0.267 e. The minimum atomic E-state index is -0.300. The van der Waals surface area contributed by atoms with Gasteiger partial charge in [0.05, 0.1) is 18.9 Å². The molecule has 7 heteroatoms. The Hall–Kier alpha value is -2.51. The summed E-state index contributed by atoms with van der Waals surface area (Å²) in [6.45, 7) is 4.43. The number of nitrogens with one attached hydrogen (secondary N) is 1. The molecule has 1 aromatic carbocycles. The molecule has 0 saturated carbocycles. The summed E-state index contributed by atoms with van der Waals surface area (Å²) in [6.07, 6.45) is 0.967. The highest BCUT2D eigenvalue weighted by Gasteiger charge is 2.14. The van der Waals surface area contributed by atoms with E-state index in [9.17, 15) is 9.59 Å². The molecule has 0 bridgehead atoms. The molecule has 0 spiro atoms. The van der Waals surface area contributed by atoms with Crippen LogP contribution >= 0.6 is 0 Å². The highest BCUT2D eigenvalue weighted by molar-refractivity contribution is 5.75. The van der Waals surface area contributed by atoms with Gasteiger partial charge in [-0.3, -0.25) is 15.0 Å². The fourth-order valence-electron chi connectivity index (χ4n) is 2.65. The van der Waals surface area contributed by atoms with Crippen LogP contribution in [0.3, 0.4) is 0 Å². The molecule has 0 unspecified atom stereocenters. The Labute approximate surface area is 146 Å². The van der Waals surface area contributed by atoms with Crippen LogP contribution in [-0.4, -0.2) is 47.0 Å². The number of aryl methyl sites for hydroxylation is 1. The van der Waals surface area contributed by atoms with Gasteiger partial charge in [-0.1, -0.05) is 31.2 Å². The van der Waals surface area contributed by atoms with E-state index in [1.165, 1.54) is 16.3 Å². The Morgan fingerprint density at radius 2 is 1.88 bits per heavy atom. The van der Waals surface area contributed by atoms with Gasteiger partial charge in [-0.25, -0.2) is 9.69 Å². The number of carbonyl (C=O) groups is 1. The molecular weight excluding hydrogens is 320 g/mol. The van der Waals surface area contributed by atoms with Gasteiger partial charge in [0.2, 0.25) is 0 Å². The zero-order valence-electron chi connectivity index (χ0n) is 14.3. The highest BCUT2D eigenvalue weighted by Crippen LogP contribution is 2.16. The average Bonchev–Trinajstić information content (AvgIpc) is 2.64. The van der Waals surface area contributed by atoms with E-state index in [1.807, 2.05) is 24.3 Å². The van der Waals surface area contributed by atoms with Crippen molar-refractivity contribution in [2.24, 2.45) is 0 Å². The molecule has 0 aliphatic carbocycles. The second kappa shape index (κ2) is 8.04. The summed E-state index contributed by atoms with van der Waals surface area (Å²) in [5.41, 5.74) is 5.31. The van der Waals surface area contributed by atoms with Gasteiger partial charge >= 0.3 is 0 Å². The third-order valence-corrected chi connectivity index (χ3v) is 4.11. The molecule has 1 amide bonds. The summed E-state index contributed by atoms with van der Waals surface area (Å²) in [7, 11) is 0. The van der Waals surface area contributed by atoms with Gasteiger partial charge in [0.1, 0.15) is 6.54 Å². The van der Waals surface area contributed by atoms with Crippen molar-refractivity contribution in [3.8, 4) is 11.3 Å². The summed E-state index contributed by atoms with van der Waals surface area (Å²) < 4.78 is 6.43. The van der Waals surface area contributed by atoms with Crippen molar-refractivity contribution in [3.05, 3.63) is 52.3 Å². The largest absolute Gasteiger partial charge is 0.379 e. The van der Waals surface area contributed by atoms with Crippen molar-refractivity contribution in [1.82, 2.24) is 20.2 Å². The molecule has 2 aromatic rings. The Bertz CT molecular complexity index is 780. The minimum Gasteiger partial charge on any atom is -0.379 e. The van der Waals surface area contributed by atoms with Crippen molar-refractivity contribution in [1.29, 1.82) is 0 Å². The molecule has 1 aliphatic rings. The molecule has 1 aromatic heterocycles. The van der Waals surface area contributed by atoms with E-state index < -0.39 is 0 Å². The van der Waals surface area contributed by atoms with Gasteiger partial charge in [-0.2, -0.15) is 5.10 Å². The Kier molecular flexibility index (Phi) is 5.57. The van der Waals surface area contributed by atoms with E-state index >= 15 is 0 Å². The van der Waals surface area contributed by atoms with Crippen molar-refractivity contribution in [3.63, 3.8) is 0 Å². The molecule has 0 radical (unpaired) electrons. The second-order valence-corrected chi connectivity index (χ2v) is 5.90. The maximum atomic E-state index is 12.2. The number of hydrazine groups is 1. The van der Waals surface area contributed by atoms with Crippen molar-refractivity contribution >= 4 is 5.91 Å². The first kappa shape index (κ1) is 17.3. The third kappa shape index (κ3) is 4.52. The van der Waals surface area contributed by atoms with Crippen LogP contribution in [0.5, 0.6) is 0 Å². The fraction of sp³-hybridized carbons (Fsp3) is 0.389. The van der Waals surface area contributed by atoms with Gasteiger partial charge in [0, 0.05) is 24.7 Å². The topological polar surface area (TPSA) is 76.5 Å². The molecule has 3 rings (SSSR count). The molecular formula is C18H22N4O3. The fourth-order valence-corrected chi connectivity index (χ4v) is 2.65. The first-order chi connectivity index (χ1) is 12.2. The molecule has 132 valence electrons. The van der Waals surface area contributed by atoms with Crippen LogP contribution in [-0.2, 0) is 22.5 Å². The summed E-state index contributed by atoms with van der Waals surface area (Å²) in [6, 6.07) is 11.2. The van der Waals surface area contributed by atoms with Gasteiger partial charge in [-0.05, 0) is 18.1 Å². The molecule has 2 heterocycles. The monoisotopic (exact) mass is 342 g/mol. The first-order valence-electron chi connectivity index (χ1n) is 8.45. The minimum absolute atomic E-state index is 0.114. The first-order valence-corrected chi connectivity index (χ1v) is 8.45. The lowest BCUT2D eigenvalue weighted by atomic mass is 10.1. The van der Waals surface area contributed by atoms with Crippen molar-refractivity contribution in [2.45, 2.75) is 19.9 Å². The normalized spacial score (nSPS) is 15.1. The summed E-state index contributed by atoms with van der Waals surface area (Å²) in [4.78, 5) is 24.2. The van der Waals surface area contributed by atoms with Gasteiger partial charge in [-0.15, -0.1) is 0 Å². The van der Waals surface area contributed by atoms with Crippen LogP contribution < -0.4 is 11.0 Å². The highest BCUT2D eigenvalue weighted by atomic mass is 16.5. The predicted molar refractivity (Wildman–Crippen MR) is 93.8 cm³/mol. The smallest absolute Gasteiger partial charge is 0.267 e. The summed E-state index contributed by atoms with van der Waals surface area (Å²) in [5, 5.41) is 6.13. The average molecular weight is 342 g/mol. The SMILES string of the molecule is CCc1ccc(-c2ccc(=O)n(CC(=O)NN3CCOCC3)n2)cc1. The van der Waals surface area contributed by atoms with Crippen LogP contribution in [0.2, 0.25) is 0 Å². The van der Waals surface area contributed by atoms with E-state index in [1.54, 1.807) is 11.1 Å². The van der Waals surface area contributed by atoms with Crippen LogP contribution in [0.1, 0.15) is 12.5 Å². The Morgan fingerprint density at radius 3 is 2.56 bits per heavy atom. The number of morpholine rings is 1. The number of benzene rings is 1. The maximum absolute atomic E-state index is 12.2. The third-order valence-electron chi connectivity index (χ3n) is 4.11. The second-order valence-electron chi connectivity index (χ2n) is 5.90. The molecule has 1 N–H and O–H groups in total. The lowest BCUT2D eigenvalue weighted by Gasteiger charge is -2.26. The number of ether oxygens (including phenoxy) is 1. The Morgan fingerprint density at radius 1 is 1.16 bits per heavy atom. The molecule has 1 aliphatic heterocycles. The van der Waals surface area contributed by atoms with Crippen molar-refractivity contribution < 1.29 is 9.53 Å². The number of carbonyl (C=O) groups excluding carboxylic acids is 1. The standard InChI is InChI=1S/C18H22N4O3/c1-2-14-3-5-15(6-4-14)16-7-8-18(24)22(19-16)13-17(23)20-21-9-11-25-12-10-21/h3-8H,2,9-13H2,1H3,(H,20,23). The van der Waals surface area contributed by atoms with Gasteiger partial charge in [0.15, 0.2) is 0 Å². The number of rotatable bonds is 5. The number of aromatic nitrogens is 2. The molecule has 7 nitrogen and oxygen atoms in total. The Balaban J connectivity index is 1.72. The van der Waals surface area contributed by atoms with Crippen LogP contribution in [0, 0.1) is 0 Å². The summed E-state index contributed by atoms with van der Waals surface area (Å²) >= 11 is 0. The number of amides is 1. The van der Waals surface area contributed by atoms with E-state index in [0.29, 0.717) is 32.0 Å². The molecule has 25 heavy (non-hydrogen) atoms. The zero-order valence-corrected chi connectivity index (χ0v) is 14.3. The van der Waals surface area contributed by atoms with E-state index in [0.717, 1.165) is 12.0 Å². The van der Waals surface area contributed by atoms with E-state index in [4.69, 9.17) is 4.74 Å². The molecule has 0 atom stereocenters.